The number of anilines is 2. The highest BCUT2D eigenvalue weighted by Crippen LogP contribution is 2.27. The van der Waals surface area contributed by atoms with Crippen molar-refractivity contribution in [2.45, 2.75) is 18.9 Å². The van der Waals surface area contributed by atoms with Crippen LogP contribution in [0.3, 0.4) is 0 Å². The number of amides is 2. The molecule has 2 aromatic rings. The summed E-state index contributed by atoms with van der Waals surface area (Å²) in [7, 11) is 1.54. The van der Waals surface area contributed by atoms with Crippen LogP contribution >= 0.6 is 11.6 Å². The summed E-state index contributed by atoms with van der Waals surface area (Å²) < 4.78 is 10.6. The Hall–Kier alpha value is -2.77. The number of methoxy groups -OCH3 is 1. The van der Waals surface area contributed by atoms with E-state index in [1.165, 1.54) is 0 Å². The molecule has 1 fully saturated rings. The molecule has 1 heterocycles. The Bertz CT molecular complexity index is 869. The van der Waals surface area contributed by atoms with Crippen LogP contribution in [-0.2, 0) is 9.53 Å². The van der Waals surface area contributed by atoms with Gasteiger partial charge in [0.25, 0.3) is 5.91 Å². The Morgan fingerprint density at radius 3 is 2.79 bits per heavy atom. The van der Waals surface area contributed by atoms with Crippen molar-refractivity contribution in [3.8, 4) is 5.75 Å². The molecule has 0 radical (unpaired) electrons. The highest BCUT2D eigenvalue weighted by atomic mass is 35.5. The molecule has 8 heteroatoms. The summed E-state index contributed by atoms with van der Waals surface area (Å²) in [4.78, 5) is 24.5. The summed E-state index contributed by atoms with van der Waals surface area (Å²) in [5.41, 5.74) is 1.73. The first kappa shape index (κ1) is 21.0. The molecule has 1 unspecified atom stereocenters. The smallest absolute Gasteiger partial charge is 0.251 e. The molecule has 29 heavy (non-hydrogen) atoms. The lowest BCUT2D eigenvalue weighted by Gasteiger charge is -2.12. The number of benzene rings is 2. The molecular weight excluding hydrogens is 394 g/mol. The molecule has 1 aliphatic rings. The minimum absolute atomic E-state index is 0.0537. The van der Waals surface area contributed by atoms with E-state index in [-0.39, 0.29) is 24.5 Å². The van der Waals surface area contributed by atoms with Gasteiger partial charge in [-0.1, -0.05) is 17.7 Å². The minimum Gasteiger partial charge on any atom is -0.495 e. The van der Waals surface area contributed by atoms with E-state index in [0.717, 1.165) is 19.4 Å². The van der Waals surface area contributed by atoms with Crippen molar-refractivity contribution in [2.75, 3.05) is 37.4 Å². The van der Waals surface area contributed by atoms with Gasteiger partial charge in [-0.15, -0.1) is 0 Å². The van der Waals surface area contributed by atoms with E-state index in [2.05, 4.69) is 16.0 Å². The molecule has 0 aliphatic carbocycles. The molecule has 3 N–H and O–H groups in total. The van der Waals surface area contributed by atoms with Crippen LogP contribution in [0.15, 0.2) is 42.5 Å². The van der Waals surface area contributed by atoms with Crippen LogP contribution in [0, 0.1) is 0 Å². The fraction of sp³-hybridized carbons (Fsp3) is 0.333. The molecule has 7 nitrogen and oxygen atoms in total. The number of halogens is 1. The van der Waals surface area contributed by atoms with Gasteiger partial charge in [-0.05, 0) is 49.2 Å². The normalized spacial score (nSPS) is 15.6. The first-order chi connectivity index (χ1) is 14.0. The van der Waals surface area contributed by atoms with Crippen LogP contribution in [0.1, 0.15) is 23.2 Å². The average Bonchev–Trinajstić information content (AvgIpc) is 3.24. The lowest BCUT2D eigenvalue weighted by atomic mass is 10.1. The fourth-order valence-electron chi connectivity index (χ4n) is 3.02. The second-order valence-electron chi connectivity index (χ2n) is 6.68. The van der Waals surface area contributed by atoms with Gasteiger partial charge in [0.15, 0.2) is 0 Å². The average molecular weight is 418 g/mol. The third kappa shape index (κ3) is 6.10. The third-order valence-electron chi connectivity index (χ3n) is 4.53. The lowest BCUT2D eigenvalue weighted by Crippen LogP contribution is -2.31. The lowest BCUT2D eigenvalue weighted by molar-refractivity contribution is -0.114. The van der Waals surface area contributed by atoms with Gasteiger partial charge in [-0.25, -0.2) is 0 Å². The summed E-state index contributed by atoms with van der Waals surface area (Å²) >= 11 is 6.08. The van der Waals surface area contributed by atoms with Crippen molar-refractivity contribution in [1.29, 1.82) is 0 Å². The van der Waals surface area contributed by atoms with Gasteiger partial charge >= 0.3 is 0 Å². The number of nitrogens with one attached hydrogen (secondary N) is 3. The van der Waals surface area contributed by atoms with Gasteiger partial charge in [-0.3, -0.25) is 9.59 Å². The van der Waals surface area contributed by atoms with Crippen LogP contribution in [-0.4, -0.2) is 44.7 Å². The molecule has 1 saturated heterocycles. The van der Waals surface area contributed by atoms with Crippen LogP contribution in [0.4, 0.5) is 11.4 Å². The van der Waals surface area contributed by atoms with E-state index in [1.807, 2.05) is 0 Å². The molecule has 3 rings (SSSR count). The van der Waals surface area contributed by atoms with Gasteiger partial charge < -0.3 is 25.4 Å². The van der Waals surface area contributed by atoms with Gasteiger partial charge in [0.1, 0.15) is 5.75 Å². The number of hydrogen-bond donors (Lipinski definition) is 3. The Labute approximate surface area is 174 Å². The molecule has 0 saturated carbocycles. The summed E-state index contributed by atoms with van der Waals surface area (Å²) in [5.74, 6) is 0.132. The topological polar surface area (TPSA) is 88.7 Å². The highest BCUT2D eigenvalue weighted by molar-refractivity contribution is 6.32. The van der Waals surface area contributed by atoms with E-state index >= 15 is 0 Å². The second-order valence-corrected chi connectivity index (χ2v) is 7.08. The molecule has 0 spiro atoms. The monoisotopic (exact) mass is 417 g/mol. The van der Waals surface area contributed by atoms with Crippen LogP contribution < -0.4 is 20.7 Å². The van der Waals surface area contributed by atoms with Crippen LogP contribution in [0.25, 0.3) is 0 Å². The predicted octanol–water partition coefficient (Wildman–Crippen LogP) is 3.31. The van der Waals surface area contributed by atoms with Gasteiger partial charge in [0, 0.05) is 30.1 Å². The molecule has 0 bridgehead atoms. The molecule has 1 atom stereocenters. The summed E-state index contributed by atoms with van der Waals surface area (Å²) in [5, 5.41) is 9.11. The predicted molar refractivity (Wildman–Crippen MR) is 113 cm³/mol. The number of carbonyl (C=O) groups is 2. The molecular formula is C21H24ClN3O4. The van der Waals surface area contributed by atoms with E-state index in [1.54, 1.807) is 49.6 Å². The van der Waals surface area contributed by atoms with E-state index in [0.29, 0.717) is 34.3 Å². The molecule has 1 aliphatic heterocycles. The van der Waals surface area contributed by atoms with E-state index in [4.69, 9.17) is 21.1 Å². The third-order valence-corrected chi connectivity index (χ3v) is 4.82. The van der Waals surface area contributed by atoms with Crippen LogP contribution in [0.2, 0.25) is 5.02 Å². The first-order valence-electron chi connectivity index (χ1n) is 9.42. The Morgan fingerprint density at radius 1 is 1.21 bits per heavy atom. The number of ether oxygens (including phenoxy) is 2. The first-order valence-corrected chi connectivity index (χ1v) is 9.80. The Kier molecular flexibility index (Phi) is 7.32. The zero-order valence-corrected chi connectivity index (χ0v) is 16.9. The van der Waals surface area contributed by atoms with Crippen molar-refractivity contribution >= 4 is 34.8 Å². The van der Waals surface area contributed by atoms with Gasteiger partial charge in [0.2, 0.25) is 5.91 Å². The highest BCUT2D eigenvalue weighted by Gasteiger charge is 2.17. The van der Waals surface area contributed by atoms with Crippen molar-refractivity contribution in [3.05, 3.63) is 53.1 Å². The molecule has 0 aromatic heterocycles. The second kappa shape index (κ2) is 10.1. The zero-order valence-electron chi connectivity index (χ0n) is 16.2. The van der Waals surface area contributed by atoms with Gasteiger partial charge in [-0.2, -0.15) is 0 Å². The van der Waals surface area contributed by atoms with Crippen LogP contribution in [0.5, 0.6) is 5.75 Å². The largest absolute Gasteiger partial charge is 0.495 e. The van der Waals surface area contributed by atoms with Crippen molar-refractivity contribution in [3.63, 3.8) is 0 Å². The summed E-state index contributed by atoms with van der Waals surface area (Å²) in [6.07, 6.45) is 2.07. The van der Waals surface area contributed by atoms with Crippen molar-refractivity contribution < 1.29 is 19.1 Å². The number of rotatable bonds is 8. The number of carbonyl (C=O) groups excluding carboxylic acids is 2. The minimum atomic E-state index is -0.242. The van der Waals surface area contributed by atoms with Crippen molar-refractivity contribution in [1.82, 2.24) is 5.32 Å². The molecule has 154 valence electrons. The fourth-order valence-corrected chi connectivity index (χ4v) is 3.27. The quantitative estimate of drug-likeness (QED) is 0.613. The Balaban J connectivity index is 1.50. The van der Waals surface area contributed by atoms with Gasteiger partial charge in [0.05, 0.1) is 24.8 Å². The van der Waals surface area contributed by atoms with Crippen molar-refractivity contribution in [2.24, 2.45) is 0 Å². The maximum absolute atomic E-state index is 12.3. The summed E-state index contributed by atoms with van der Waals surface area (Å²) in [6, 6.07) is 12.0. The van der Waals surface area contributed by atoms with E-state index in [9.17, 15) is 9.59 Å². The zero-order chi connectivity index (χ0) is 20.6. The SMILES string of the molecule is COc1ccc(NCC(=O)Nc2cccc(C(=O)NCC3CCCO3)c2)cc1Cl. The summed E-state index contributed by atoms with van der Waals surface area (Å²) in [6.45, 7) is 1.29. The number of hydrogen-bond acceptors (Lipinski definition) is 5. The standard InChI is InChI=1S/C21H24ClN3O4/c1-28-19-8-7-15(11-18(19)22)23-13-20(26)25-16-5-2-4-14(10-16)21(27)24-12-17-6-3-9-29-17/h2,4-5,7-8,10-11,17,23H,3,6,9,12-13H2,1H3,(H,24,27)(H,25,26). The molecule has 2 amide bonds. The maximum atomic E-state index is 12.3. The molecule has 2 aromatic carbocycles. The van der Waals surface area contributed by atoms with E-state index < -0.39 is 0 Å². The maximum Gasteiger partial charge on any atom is 0.251 e. The Morgan fingerprint density at radius 2 is 2.07 bits per heavy atom.